The molecule has 4 rings (SSSR count). The molecule has 2 heterocycles. The van der Waals surface area contributed by atoms with Crippen molar-refractivity contribution in [2.24, 2.45) is 0 Å². The molecule has 2 amide bonds. The molecular formula is C22H24N2O5. The van der Waals surface area contributed by atoms with Crippen LogP contribution in [0.2, 0.25) is 0 Å². The van der Waals surface area contributed by atoms with E-state index in [0.717, 1.165) is 11.1 Å². The van der Waals surface area contributed by atoms with Gasteiger partial charge in [0.15, 0.2) is 0 Å². The Bertz CT molecular complexity index is 880. The Morgan fingerprint density at radius 1 is 1.07 bits per heavy atom. The highest BCUT2D eigenvalue weighted by Crippen LogP contribution is 2.28. The van der Waals surface area contributed by atoms with Gasteiger partial charge in [-0.05, 0) is 24.1 Å². The monoisotopic (exact) mass is 396 g/mol. The number of ether oxygens (including phenoxy) is 2. The molecule has 0 unspecified atom stereocenters. The number of carbonyl (C=O) groups is 2. The lowest BCUT2D eigenvalue weighted by Crippen LogP contribution is -2.52. The highest BCUT2D eigenvalue weighted by molar-refractivity contribution is 5.88. The second kappa shape index (κ2) is 8.53. The Labute approximate surface area is 169 Å². The van der Waals surface area contributed by atoms with Gasteiger partial charge in [-0.15, -0.1) is 0 Å². The van der Waals surface area contributed by atoms with E-state index in [0.29, 0.717) is 51.6 Å². The van der Waals surface area contributed by atoms with Crippen LogP contribution in [0.3, 0.4) is 0 Å². The molecule has 29 heavy (non-hydrogen) atoms. The average molecular weight is 396 g/mol. The van der Waals surface area contributed by atoms with E-state index in [1.165, 1.54) is 0 Å². The number of carbonyl (C=O) groups excluding carboxylic acids is 1. The second-order valence-electron chi connectivity index (χ2n) is 7.29. The highest BCUT2D eigenvalue weighted by atomic mass is 16.5. The van der Waals surface area contributed by atoms with Crippen LogP contribution in [0.25, 0.3) is 0 Å². The number of nitrogens with zero attached hydrogens (tertiary/aromatic N) is 2. The minimum atomic E-state index is -0.997. The summed E-state index contributed by atoms with van der Waals surface area (Å²) in [6.45, 7) is 2.90. The zero-order valence-corrected chi connectivity index (χ0v) is 16.1. The fourth-order valence-corrected chi connectivity index (χ4v) is 3.76. The third-order valence-electron chi connectivity index (χ3n) is 5.37. The number of aromatic carboxylic acids is 1. The lowest BCUT2D eigenvalue weighted by molar-refractivity contribution is 0.0363. The quantitative estimate of drug-likeness (QED) is 0.863. The van der Waals surface area contributed by atoms with Crippen LogP contribution in [0.4, 0.5) is 4.79 Å². The van der Waals surface area contributed by atoms with Crippen LogP contribution in [-0.4, -0.2) is 65.9 Å². The van der Waals surface area contributed by atoms with Crippen LogP contribution in [0, 0.1) is 0 Å². The molecule has 0 saturated carbocycles. The van der Waals surface area contributed by atoms with Crippen molar-refractivity contribution >= 4 is 12.0 Å². The molecule has 1 N–H and O–H groups in total. The van der Waals surface area contributed by atoms with Gasteiger partial charge in [-0.2, -0.15) is 0 Å². The van der Waals surface area contributed by atoms with Crippen molar-refractivity contribution < 1.29 is 24.2 Å². The largest absolute Gasteiger partial charge is 0.491 e. The van der Waals surface area contributed by atoms with Crippen LogP contribution >= 0.6 is 0 Å². The van der Waals surface area contributed by atoms with Gasteiger partial charge in [0.2, 0.25) is 0 Å². The summed E-state index contributed by atoms with van der Waals surface area (Å²) < 4.78 is 11.4. The molecule has 7 nitrogen and oxygen atoms in total. The lowest BCUT2D eigenvalue weighted by atomic mass is 10.0. The molecule has 7 heteroatoms. The Balaban J connectivity index is 1.63. The van der Waals surface area contributed by atoms with Gasteiger partial charge in [0, 0.05) is 18.7 Å². The molecule has 0 aromatic heterocycles. The summed E-state index contributed by atoms with van der Waals surface area (Å²) in [7, 11) is 0. The number of rotatable bonds is 3. The summed E-state index contributed by atoms with van der Waals surface area (Å²) >= 11 is 0. The Hall–Kier alpha value is -3.06. The maximum atomic E-state index is 13.3. The van der Waals surface area contributed by atoms with Crippen LogP contribution in [0.5, 0.6) is 5.75 Å². The van der Waals surface area contributed by atoms with Gasteiger partial charge < -0.3 is 24.4 Å². The molecule has 2 aliphatic rings. The first-order valence-electron chi connectivity index (χ1n) is 9.78. The summed E-state index contributed by atoms with van der Waals surface area (Å²) in [6.07, 6.45) is 0.663. The van der Waals surface area contributed by atoms with Gasteiger partial charge in [-0.1, -0.05) is 36.4 Å². The van der Waals surface area contributed by atoms with E-state index >= 15 is 0 Å². The number of hydrogen-bond donors (Lipinski definition) is 1. The van der Waals surface area contributed by atoms with E-state index in [2.05, 4.69) is 0 Å². The number of hydrogen-bond acceptors (Lipinski definition) is 4. The lowest BCUT2D eigenvalue weighted by Gasteiger charge is -2.36. The number of carboxylic acids is 1. The molecule has 0 bridgehead atoms. The maximum absolute atomic E-state index is 13.3. The van der Waals surface area contributed by atoms with E-state index in [1.807, 2.05) is 40.1 Å². The van der Waals surface area contributed by atoms with Crippen LogP contribution in [-0.2, 0) is 17.7 Å². The number of amides is 2. The summed E-state index contributed by atoms with van der Waals surface area (Å²) in [6, 6.07) is 14.6. The fourth-order valence-electron chi connectivity index (χ4n) is 3.76. The number of benzene rings is 2. The Morgan fingerprint density at radius 3 is 2.55 bits per heavy atom. The maximum Gasteiger partial charge on any atom is 0.335 e. The molecule has 2 aliphatic heterocycles. The minimum absolute atomic E-state index is 0.0343. The second-order valence-corrected chi connectivity index (χ2v) is 7.29. The molecular weight excluding hydrogens is 372 g/mol. The third kappa shape index (κ3) is 4.35. The molecule has 152 valence electrons. The summed E-state index contributed by atoms with van der Waals surface area (Å²) in [4.78, 5) is 28.3. The average Bonchev–Trinajstić information content (AvgIpc) is 2.93. The first kappa shape index (κ1) is 19.3. The molecule has 0 radical (unpaired) electrons. The van der Waals surface area contributed by atoms with Gasteiger partial charge in [0.05, 0.1) is 31.4 Å². The minimum Gasteiger partial charge on any atom is -0.491 e. The standard InChI is InChI=1S/C22H24N2O5/c25-21(26)17-6-7-18-14-24(22(27)23-8-10-28-11-9-23)19(15-29-20(18)13-17)12-16-4-2-1-3-5-16/h1-7,13,19H,8-12,14-15H2,(H,25,26)/t19-/m0/s1. The molecule has 0 spiro atoms. The fraction of sp³-hybridized carbons (Fsp3) is 0.364. The van der Waals surface area contributed by atoms with Gasteiger partial charge in [0.1, 0.15) is 12.4 Å². The van der Waals surface area contributed by atoms with E-state index in [4.69, 9.17) is 9.47 Å². The predicted octanol–water partition coefficient (Wildman–Crippen LogP) is 2.64. The SMILES string of the molecule is O=C(O)c1ccc2c(c1)OC[C@H](Cc1ccccc1)N(C(=O)N1CCOCC1)C2. The summed E-state index contributed by atoms with van der Waals surface area (Å²) in [5.41, 5.74) is 2.11. The number of urea groups is 1. The zero-order chi connectivity index (χ0) is 20.2. The number of fused-ring (bicyclic) bond motifs is 1. The van der Waals surface area contributed by atoms with Gasteiger partial charge >= 0.3 is 12.0 Å². The van der Waals surface area contributed by atoms with Gasteiger partial charge in [0.25, 0.3) is 0 Å². The Kier molecular flexibility index (Phi) is 5.67. The van der Waals surface area contributed by atoms with E-state index in [9.17, 15) is 14.7 Å². The van der Waals surface area contributed by atoms with Crippen molar-refractivity contribution in [1.29, 1.82) is 0 Å². The first-order chi connectivity index (χ1) is 14.1. The van der Waals surface area contributed by atoms with E-state index < -0.39 is 5.97 Å². The van der Waals surface area contributed by atoms with Crippen LogP contribution in [0.1, 0.15) is 21.5 Å². The number of morpholine rings is 1. The number of carboxylic acid groups (broad SMARTS) is 1. The van der Waals surface area contributed by atoms with Crippen molar-refractivity contribution in [3.05, 3.63) is 65.2 Å². The summed E-state index contributed by atoms with van der Waals surface area (Å²) in [5.74, 6) is -0.469. The van der Waals surface area contributed by atoms with Crippen molar-refractivity contribution in [2.45, 2.75) is 19.0 Å². The highest BCUT2D eigenvalue weighted by Gasteiger charge is 2.32. The van der Waals surface area contributed by atoms with Crippen molar-refractivity contribution in [1.82, 2.24) is 9.80 Å². The van der Waals surface area contributed by atoms with E-state index in [1.54, 1.807) is 18.2 Å². The van der Waals surface area contributed by atoms with Crippen molar-refractivity contribution in [2.75, 3.05) is 32.9 Å². The smallest absolute Gasteiger partial charge is 0.335 e. The molecule has 1 fully saturated rings. The molecule has 2 aromatic rings. The Morgan fingerprint density at radius 2 is 1.83 bits per heavy atom. The molecule has 1 saturated heterocycles. The molecule has 0 aliphatic carbocycles. The van der Waals surface area contributed by atoms with Crippen LogP contribution < -0.4 is 4.74 Å². The zero-order valence-electron chi connectivity index (χ0n) is 16.1. The van der Waals surface area contributed by atoms with E-state index in [-0.39, 0.29) is 17.6 Å². The van der Waals surface area contributed by atoms with Crippen molar-refractivity contribution in [3.8, 4) is 5.75 Å². The normalized spacial score (nSPS) is 19.1. The van der Waals surface area contributed by atoms with Crippen LogP contribution in [0.15, 0.2) is 48.5 Å². The molecule has 1 atom stereocenters. The predicted molar refractivity (Wildman–Crippen MR) is 106 cm³/mol. The topological polar surface area (TPSA) is 79.3 Å². The van der Waals surface area contributed by atoms with Gasteiger partial charge in [-0.3, -0.25) is 0 Å². The third-order valence-corrected chi connectivity index (χ3v) is 5.37. The first-order valence-corrected chi connectivity index (χ1v) is 9.78. The summed E-state index contributed by atoms with van der Waals surface area (Å²) in [5, 5.41) is 9.28. The molecule has 2 aromatic carbocycles. The van der Waals surface area contributed by atoms with Crippen molar-refractivity contribution in [3.63, 3.8) is 0 Å². The van der Waals surface area contributed by atoms with Gasteiger partial charge in [-0.25, -0.2) is 9.59 Å².